The van der Waals surface area contributed by atoms with Crippen LogP contribution in [0.5, 0.6) is 5.75 Å². The van der Waals surface area contributed by atoms with Crippen molar-refractivity contribution in [2.75, 3.05) is 13.1 Å². The molecule has 0 spiro atoms. The molecule has 1 atom stereocenters. The number of halogens is 2. The second kappa shape index (κ2) is 9.41. The van der Waals surface area contributed by atoms with E-state index in [2.05, 4.69) is 16.8 Å². The van der Waals surface area contributed by atoms with Gasteiger partial charge in [-0.05, 0) is 36.1 Å². The topological polar surface area (TPSA) is 61.9 Å². The Hall–Kier alpha value is -3.26. The van der Waals surface area contributed by atoms with E-state index in [1.165, 1.54) is 0 Å². The second-order valence-corrected chi connectivity index (χ2v) is 9.60. The summed E-state index contributed by atoms with van der Waals surface area (Å²) in [6.45, 7) is 5.95. The van der Waals surface area contributed by atoms with Crippen molar-refractivity contribution < 1.29 is 23.1 Å². The second-order valence-electron chi connectivity index (χ2n) is 9.60. The number of piperidine rings is 2. The molecule has 0 aliphatic carbocycles. The van der Waals surface area contributed by atoms with E-state index in [0.29, 0.717) is 62.6 Å². The van der Waals surface area contributed by atoms with Crippen molar-refractivity contribution in [1.82, 2.24) is 15.1 Å². The van der Waals surface area contributed by atoms with Crippen LogP contribution >= 0.6 is 0 Å². The lowest BCUT2D eigenvalue weighted by atomic mass is 10.0. The Morgan fingerprint density at radius 1 is 1.06 bits per heavy atom. The number of nitrogens with zero attached hydrogens (tertiary/aromatic N) is 2. The number of allylic oxidation sites excluding steroid dienone is 1. The first-order valence-electron chi connectivity index (χ1n) is 12.0. The first kappa shape index (κ1) is 23.5. The van der Waals surface area contributed by atoms with E-state index >= 15 is 0 Å². The van der Waals surface area contributed by atoms with Gasteiger partial charge in [-0.1, -0.05) is 36.9 Å². The number of ether oxygens (including phenoxy) is 1. The Kier molecular flexibility index (Phi) is 6.32. The molecule has 35 heavy (non-hydrogen) atoms. The van der Waals surface area contributed by atoms with Crippen LogP contribution in [0.4, 0.5) is 8.78 Å². The number of alkyl halides is 2. The molecule has 5 rings (SSSR count). The van der Waals surface area contributed by atoms with Crippen molar-refractivity contribution in [1.29, 1.82) is 0 Å². The highest BCUT2D eigenvalue weighted by Crippen LogP contribution is 2.34. The first-order chi connectivity index (χ1) is 16.8. The van der Waals surface area contributed by atoms with Crippen molar-refractivity contribution in [3.05, 3.63) is 77.0 Å². The van der Waals surface area contributed by atoms with Crippen LogP contribution in [0.3, 0.4) is 0 Å². The van der Waals surface area contributed by atoms with E-state index in [9.17, 15) is 18.4 Å². The van der Waals surface area contributed by atoms with E-state index in [0.717, 1.165) is 16.7 Å². The number of rotatable bonds is 6. The van der Waals surface area contributed by atoms with Crippen molar-refractivity contribution in [2.24, 2.45) is 0 Å². The Balaban J connectivity index is 1.20. The van der Waals surface area contributed by atoms with Gasteiger partial charge in [0.25, 0.3) is 11.8 Å². The zero-order valence-corrected chi connectivity index (χ0v) is 19.6. The lowest BCUT2D eigenvalue weighted by Gasteiger charge is -2.31. The molecular weight excluding hydrogens is 452 g/mol. The maximum absolute atomic E-state index is 13.4. The zero-order chi connectivity index (χ0) is 24.6. The van der Waals surface area contributed by atoms with Crippen molar-refractivity contribution in [2.45, 2.75) is 57.3 Å². The Bertz CT molecular complexity index is 1140. The lowest BCUT2D eigenvalue weighted by Crippen LogP contribution is -2.49. The van der Waals surface area contributed by atoms with Crippen LogP contribution in [-0.2, 0) is 24.5 Å². The summed E-state index contributed by atoms with van der Waals surface area (Å²) in [5, 5.41) is 2.75. The van der Waals surface area contributed by atoms with Gasteiger partial charge in [-0.3, -0.25) is 14.5 Å². The molecule has 0 radical (unpaired) electrons. The fraction of sp³-hybridized carbons (Fsp3) is 0.407. The van der Waals surface area contributed by atoms with Crippen LogP contribution in [0.2, 0.25) is 0 Å². The molecule has 0 aromatic heterocycles. The molecule has 8 heteroatoms. The summed E-state index contributed by atoms with van der Waals surface area (Å²) in [7, 11) is 0. The summed E-state index contributed by atoms with van der Waals surface area (Å²) in [4.78, 5) is 29.1. The van der Waals surface area contributed by atoms with Crippen molar-refractivity contribution in [3.8, 4) is 5.75 Å². The maximum Gasteiger partial charge on any atom is 0.255 e. The molecule has 0 bridgehead atoms. The monoisotopic (exact) mass is 481 g/mol. The first-order valence-corrected chi connectivity index (χ1v) is 12.0. The summed E-state index contributed by atoms with van der Waals surface area (Å²) in [6.07, 6.45) is 1.05. The average Bonchev–Trinajstić information content (AvgIpc) is 3.17. The molecule has 1 unspecified atom stereocenters. The van der Waals surface area contributed by atoms with Crippen LogP contribution in [0.15, 0.2) is 54.7 Å². The molecule has 0 saturated carbocycles. The van der Waals surface area contributed by atoms with Gasteiger partial charge in [-0.15, -0.1) is 0 Å². The van der Waals surface area contributed by atoms with Gasteiger partial charge in [0.15, 0.2) is 0 Å². The molecule has 3 aliphatic rings. The van der Waals surface area contributed by atoms with Gasteiger partial charge < -0.3 is 15.0 Å². The van der Waals surface area contributed by atoms with E-state index in [1.54, 1.807) is 17.0 Å². The van der Waals surface area contributed by atoms with Crippen LogP contribution < -0.4 is 10.1 Å². The smallest absolute Gasteiger partial charge is 0.255 e. The summed E-state index contributed by atoms with van der Waals surface area (Å²) >= 11 is 0. The molecule has 1 N–H and O–H groups in total. The van der Waals surface area contributed by atoms with Crippen molar-refractivity contribution >= 4 is 11.8 Å². The van der Waals surface area contributed by atoms with Gasteiger partial charge >= 0.3 is 0 Å². The molecule has 184 valence electrons. The average molecular weight is 482 g/mol. The largest absolute Gasteiger partial charge is 0.489 e. The molecule has 2 aromatic carbocycles. The van der Waals surface area contributed by atoms with Gasteiger partial charge in [0.05, 0.1) is 6.54 Å². The standard InChI is InChI=1S/C27H29F2N3O3/c1-18-5-10-23(25(33)30-18)32-16-22-21(26(32)34)3-2-4-24(22)35-17-20-8-6-19(7-9-20)15-31-13-11-27(28,29)12-14-31/h2-4,6-9,23H,1,5,10-17H2,(H,30,33). The van der Waals surface area contributed by atoms with Gasteiger partial charge in [-0.25, -0.2) is 8.78 Å². The third kappa shape index (κ3) is 5.07. The summed E-state index contributed by atoms with van der Waals surface area (Å²) in [6, 6.07) is 12.9. The highest BCUT2D eigenvalue weighted by atomic mass is 19.3. The fourth-order valence-electron chi connectivity index (χ4n) is 4.97. The number of carbonyl (C=O) groups is 2. The number of likely N-dealkylation sites (tertiary alicyclic amines) is 1. The van der Waals surface area contributed by atoms with Crippen LogP contribution in [0.25, 0.3) is 0 Å². The quantitative estimate of drug-likeness (QED) is 0.670. The number of carbonyl (C=O) groups excluding carboxylic acids is 2. The van der Waals surface area contributed by atoms with E-state index in [1.807, 2.05) is 30.3 Å². The molecule has 2 saturated heterocycles. The summed E-state index contributed by atoms with van der Waals surface area (Å²) < 4.78 is 32.8. The van der Waals surface area contributed by atoms with Gasteiger partial charge in [0.2, 0.25) is 5.91 Å². The fourth-order valence-corrected chi connectivity index (χ4v) is 4.97. The highest BCUT2D eigenvalue weighted by molar-refractivity contribution is 6.02. The van der Waals surface area contributed by atoms with E-state index in [4.69, 9.17) is 4.74 Å². The summed E-state index contributed by atoms with van der Waals surface area (Å²) in [5.74, 6) is -2.24. The Morgan fingerprint density at radius 2 is 1.77 bits per heavy atom. The third-order valence-corrected chi connectivity index (χ3v) is 7.06. The van der Waals surface area contributed by atoms with E-state index in [-0.39, 0.29) is 24.7 Å². The van der Waals surface area contributed by atoms with Crippen LogP contribution in [0.1, 0.15) is 52.7 Å². The molecule has 2 fully saturated rings. The SMILES string of the molecule is C=C1CCC(N2Cc3c(OCc4ccc(CN5CCC(F)(F)CC5)cc4)cccc3C2=O)C(=O)N1. The number of hydrogen-bond acceptors (Lipinski definition) is 4. The molecule has 3 aliphatic heterocycles. The Labute approximate surface area is 203 Å². The van der Waals surface area contributed by atoms with Gasteiger partial charge in [0.1, 0.15) is 18.4 Å². The Morgan fingerprint density at radius 3 is 2.49 bits per heavy atom. The minimum Gasteiger partial charge on any atom is -0.489 e. The molecule has 2 amide bonds. The van der Waals surface area contributed by atoms with Crippen molar-refractivity contribution in [3.63, 3.8) is 0 Å². The predicted molar refractivity (Wildman–Crippen MR) is 127 cm³/mol. The molecule has 3 heterocycles. The minimum absolute atomic E-state index is 0.0824. The third-order valence-electron chi connectivity index (χ3n) is 7.06. The van der Waals surface area contributed by atoms with E-state index < -0.39 is 12.0 Å². The van der Waals surface area contributed by atoms with Gasteiger partial charge in [-0.2, -0.15) is 0 Å². The highest BCUT2D eigenvalue weighted by Gasteiger charge is 2.39. The number of nitrogens with one attached hydrogen (secondary N) is 1. The zero-order valence-electron chi connectivity index (χ0n) is 19.6. The summed E-state index contributed by atoms with van der Waals surface area (Å²) in [5.41, 5.74) is 4.11. The predicted octanol–water partition coefficient (Wildman–Crippen LogP) is 4.24. The number of hydrogen-bond donors (Lipinski definition) is 1. The lowest BCUT2D eigenvalue weighted by molar-refractivity contribution is -0.126. The number of amides is 2. The maximum atomic E-state index is 13.4. The van der Waals surface area contributed by atoms with Crippen LogP contribution in [-0.4, -0.2) is 46.7 Å². The normalized spacial score (nSPS) is 22.2. The minimum atomic E-state index is -2.53. The molecular formula is C27H29F2N3O3. The van der Waals surface area contributed by atoms with Crippen LogP contribution in [0, 0.1) is 0 Å². The van der Waals surface area contributed by atoms with Gasteiger partial charge in [0, 0.05) is 49.3 Å². The number of benzene rings is 2. The molecule has 6 nitrogen and oxygen atoms in total. The number of fused-ring (bicyclic) bond motifs is 1. The molecule has 2 aromatic rings.